The molecule has 0 aliphatic carbocycles. The lowest BCUT2D eigenvalue weighted by Crippen LogP contribution is -2.39. The van der Waals surface area contributed by atoms with Crippen molar-refractivity contribution in [1.29, 1.82) is 0 Å². The maximum Gasteiger partial charge on any atom is 0.332 e. The van der Waals surface area contributed by atoms with Crippen molar-refractivity contribution < 1.29 is 9.47 Å². The number of ether oxygens (including phenoxy) is 2. The average Bonchev–Trinajstić information content (AvgIpc) is 3.09. The van der Waals surface area contributed by atoms with Gasteiger partial charge in [-0.15, -0.1) is 0 Å². The van der Waals surface area contributed by atoms with Gasteiger partial charge in [0.15, 0.2) is 5.65 Å². The van der Waals surface area contributed by atoms with Crippen LogP contribution in [-0.4, -0.2) is 38.4 Å². The van der Waals surface area contributed by atoms with E-state index >= 15 is 0 Å². The summed E-state index contributed by atoms with van der Waals surface area (Å²) in [6, 6.07) is 7.71. The van der Waals surface area contributed by atoms with E-state index in [0.29, 0.717) is 43.3 Å². The van der Waals surface area contributed by atoms with Crippen LogP contribution in [0.25, 0.3) is 23.3 Å². The molecule has 3 heterocycles. The first-order valence-electron chi connectivity index (χ1n) is 9.36. The van der Waals surface area contributed by atoms with Crippen LogP contribution in [0.3, 0.4) is 0 Å². The molecule has 0 unspecified atom stereocenters. The van der Waals surface area contributed by atoms with Crippen LogP contribution in [0.4, 0.5) is 0 Å². The Kier molecular flexibility index (Phi) is 4.87. The Morgan fingerprint density at radius 1 is 1.14 bits per heavy atom. The Morgan fingerprint density at radius 2 is 1.86 bits per heavy atom. The fraction of sp³-hybridized carbons (Fsp3) is 0.350. The maximum atomic E-state index is 12.5. The van der Waals surface area contributed by atoms with Gasteiger partial charge in [0.05, 0.1) is 13.2 Å². The highest BCUT2D eigenvalue weighted by molar-refractivity contribution is 5.75. The zero-order valence-corrected chi connectivity index (χ0v) is 15.8. The maximum absolute atomic E-state index is 12.5. The van der Waals surface area contributed by atoms with E-state index in [1.807, 2.05) is 37.3 Å². The van der Waals surface area contributed by atoms with Gasteiger partial charge in [-0.25, -0.2) is 9.78 Å². The van der Waals surface area contributed by atoms with Crippen LogP contribution in [0.15, 0.2) is 33.9 Å². The Morgan fingerprint density at radius 3 is 2.46 bits per heavy atom. The number of aromatic nitrogens is 4. The van der Waals surface area contributed by atoms with E-state index in [1.54, 1.807) is 13.0 Å². The van der Waals surface area contributed by atoms with Crippen LogP contribution in [0.1, 0.15) is 25.2 Å². The minimum atomic E-state index is -0.346. The number of rotatable bonds is 6. The predicted octanol–water partition coefficient (Wildman–Crippen LogP) is 1.87. The minimum Gasteiger partial charge on any atom is -0.486 e. The van der Waals surface area contributed by atoms with Gasteiger partial charge in [-0.3, -0.25) is 13.9 Å². The lowest BCUT2D eigenvalue weighted by Gasteiger charge is -2.26. The molecule has 0 bridgehead atoms. The van der Waals surface area contributed by atoms with Crippen molar-refractivity contribution in [3.63, 3.8) is 0 Å². The highest BCUT2D eigenvalue weighted by Gasteiger charge is 2.19. The summed E-state index contributed by atoms with van der Waals surface area (Å²) in [6.45, 7) is 5.66. The second-order valence-electron chi connectivity index (χ2n) is 6.58. The number of hydrogen-bond donors (Lipinski definition) is 1. The van der Waals surface area contributed by atoms with E-state index in [1.165, 1.54) is 9.13 Å². The number of hydrogen-bond acceptors (Lipinski definition) is 5. The molecular weight excluding hydrogens is 360 g/mol. The number of fused-ring (bicyclic) bond motifs is 1. The average molecular weight is 382 g/mol. The van der Waals surface area contributed by atoms with E-state index in [9.17, 15) is 9.59 Å². The largest absolute Gasteiger partial charge is 0.486 e. The van der Waals surface area contributed by atoms with E-state index in [-0.39, 0.29) is 17.4 Å². The lowest BCUT2D eigenvalue weighted by molar-refractivity contribution is -0.0796. The summed E-state index contributed by atoms with van der Waals surface area (Å²) < 4.78 is 13.6. The van der Waals surface area contributed by atoms with Gasteiger partial charge in [0.25, 0.3) is 5.56 Å². The van der Waals surface area contributed by atoms with Gasteiger partial charge in [-0.1, -0.05) is 18.2 Å². The summed E-state index contributed by atoms with van der Waals surface area (Å²) >= 11 is 0. The second-order valence-corrected chi connectivity index (χ2v) is 6.58. The molecule has 1 fully saturated rings. The predicted molar refractivity (Wildman–Crippen MR) is 107 cm³/mol. The quantitative estimate of drug-likeness (QED) is 0.703. The molecule has 4 rings (SSSR count). The van der Waals surface area contributed by atoms with Crippen LogP contribution in [-0.2, 0) is 17.8 Å². The summed E-state index contributed by atoms with van der Waals surface area (Å²) in [5.74, 6) is 1.33. The third-order valence-electron chi connectivity index (χ3n) is 4.74. The van der Waals surface area contributed by atoms with Crippen molar-refractivity contribution in [2.24, 2.45) is 0 Å². The van der Waals surface area contributed by atoms with Crippen molar-refractivity contribution in [3.8, 4) is 5.75 Å². The molecule has 0 amide bonds. The van der Waals surface area contributed by atoms with Crippen molar-refractivity contribution in [3.05, 3.63) is 56.5 Å². The van der Waals surface area contributed by atoms with E-state index < -0.39 is 0 Å². The van der Waals surface area contributed by atoms with Crippen LogP contribution in [0, 0.1) is 0 Å². The van der Waals surface area contributed by atoms with Gasteiger partial charge in [0, 0.05) is 13.1 Å². The van der Waals surface area contributed by atoms with Crippen LogP contribution >= 0.6 is 0 Å². The molecule has 0 saturated carbocycles. The smallest absolute Gasteiger partial charge is 0.332 e. The topological polar surface area (TPSA) is 91.1 Å². The van der Waals surface area contributed by atoms with Gasteiger partial charge < -0.3 is 14.5 Å². The van der Waals surface area contributed by atoms with Crippen molar-refractivity contribution in [1.82, 2.24) is 19.1 Å². The summed E-state index contributed by atoms with van der Waals surface area (Å²) in [4.78, 5) is 32.4. The van der Waals surface area contributed by atoms with Gasteiger partial charge >= 0.3 is 5.69 Å². The number of benzene rings is 1. The fourth-order valence-electron chi connectivity index (χ4n) is 3.13. The SMILES string of the molecule is CCn1c(=O)c2[nH]c(/C=C/c3ccc(OC4COC4)cc3)nc2n(CC)c1=O. The van der Waals surface area contributed by atoms with E-state index in [4.69, 9.17) is 9.47 Å². The Hall–Kier alpha value is -3.13. The van der Waals surface area contributed by atoms with E-state index in [2.05, 4.69) is 9.97 Å². The fourth-order valence-corrected chi connectivity index (χ4v) is 3.13. The zero-order chi connectivity index (χ0) is 19.7. The molecule has 1 N–H and O–H groups in total. The first-order chi connectivity index (χ1) is 13.6. The summed E-state index contributed by atoms with van der Waals surface area (Å²) in [6.07, 6.45) is 3.82. The lowest BCUT2D eigenvalue weighted by atomic mass is 10.2. The van der Waals surface area contributed by atoms with Gasteiger partial charge in [0.1, 0.15) is 23.2 Å². The zero-order valence-electron chi connectivity index (χ0n) is 15.8. The highest BCUT2D eigenvalue weighted by Crippen LogP contribution is 2.18. The third kappa shape index (κ3) is 3.27. The van der Waals surface area contributed by atoms with Crippen LogP contribution in [0.2, 0.25) is 0 Å². The summed E-state index contributed by atoms with van der Waals surface area (Å²) in [7, 11) is 0. The number of H-pyrrole nitrogens is 1. The first-order valence-corrected chi connectivity index (χ1v) is 9.36. The molecule has 1 saturated heterocycles. The molecule has 1 aliphatic rings. The van der Waals surface area contributed by atoms with Crippen LogP contribution < -0.4 is 16.0 Å². The first kappa shape index (κ1) is 18.2. The molecule has 8 heteroatoms. The van der Waals surface area contributed by atoms with Gasteiger partial charge in [-0.2, -0.15) is 0 Å². The van der Waals surface area contributed by atoms with Gasteiger partial charge in [0.2, 0.25) is 0 Å². The number of nitrogens with zero attached hydrogens (tertiary/aromatic N) is 3. The molecule has 0 atom stereocenters. The summed E-state index contributed by atoms with van der Waals surface area (Å²) in [5, 5.41) is 0. The molecule has 3 aromatic rings. The molecule has 28 heavy (non-hydrogen) atoms. The van der Waals surface area contributed by atoms with E-state index in [0.717, 1.165) is 11.3 Å². The second kappa shape index (κ2) is 7.47. The number of aryl methyl sites for hydroxylation is 1. The highest BCUT2D eigenvalue weighted by atomic mass is 16.6. The molecule has 2 aromatic heterocycles. The molecule has 1 aliphatic heterocycles. The van der Waals surface area contributed by atoms with Crippen molar-refractivity contribution in [2.75, 3.05) is 13.2 Å². The van der Waals surface area contributed by atoms with Gasteiger partial charge in [-0.05, 0) is 37.6 Å². The van der Waals surface area contributed by atoms with Crippen molar-refractivity contribution in [2.45, 2.75) is 33.0 Å². The number of nitrogens with one attached hydrogen (secondary N) is 1. The number of imidazole rings is 1. The molecule has 0 radical (unpaired) electrons. The Labute approximate surface area is 161 Å². The molecule has 1 aromatic carbocycles. The Balaban J connectivity index is 1.61. The standard InChI is InChI=1S/C20H22N4O4/c1-3-23-18-17(19(25)24(4-2)20(23)26)21-16(22-18)10-7-13-5-8-14(9-6-13)28-15-11-27-12-15/h5-10,15H,3-4,11-12H2,1-2H3,(H,21,22)/b10-7+. The molecule has 8 nitrogen and oxygen atoms in total. The molecule has 146 valence electrons. The van der Waals surface area contributed by atoms with Crippen molar-refractivity contribution >= 4 is 23.3 Å². The monoisotopic (exact) mass is 382 g/mol. The molecule has 0 spiro atoms. The molecular formula is C20H22N4O4. The number of aromatic amines is 1. The summed E-state index contributed by atoms with van der Waals surface area (Å²) in [5.41, 5.74) is 1.01. The minimum absolute atomic E-state index is 0.139. The normalized spacial score (nSPS) is 14.6. The Bertz CT molecular complexity index is 1130. The third-order valence-corrected chi connectivity index (χ3v) is 4.74. The van der Waals surface area contributed by atoms with Crippen LogP contribution in [0.5, 0.6) is 5.75 Å².